The summed E-state index contributed by atoms with van der Waals surface area (Å²) in [5.41, 5.74) is 4.96. The minimum absolute atomic E-state index is 0.261. The summed E-state index contributed by atoms with van der Waals surface area (Å²) < 4.78 is 3.23. The van der Waals surface area contributed by atoms with E-state index in [1.54, 1.807) is 46.3 Å². The highest BCUT2D eigenvalue weighted by molar-refractivity contribution is 6.02. The Kier molecular flexibility index (Phi) is 9.14. The fraction of sp³-hybridized carbons (Fsp3) is 0. The standard InChI is InChI=1S/C22H14N6O.C21H14N6O/c29-14-17-19-20(15-8-2-1-3-9-15)27-28(18-11-5-7-13-24-18)22(19)26-21(25-17)16-10-4-6-12-23-16;28-21-17-18(14-8-2-1-3-9-14)26-27(16-11-5-7-13-23-16)20(17)24-19(25-21)15-10-4-6-12-22-15/h1-14H;1-13H,(H,24,25,28). The SMILES string of the molecule is O=Cc1nc(-c2ccccn2)nc2c1c(-c1ccccc1)nn2-c1ccccn1.O=c1[nH]c(-c2ccccn2)nc2c1c(-c1ccccc1)nn2-c1ccccn1. The molecule has 272 valence electrons. The van der Waals surface area contributed by atoms with Crippen LogP contribution in [0.3, 0.4) is 0 Å². The van der Waals surface area contributed by atoms with Crippen LogP contribution in [0.1, 0.15) is 10.5 Å². The number of pyridine rings is 4. The summed E-state index contributed by atoms with van der Waals surface area (Å²) in [4.78, 5) is 59.0. The summed E-state index contributed by atoms with van der Waals surface area (Å²) in [6, 6.07) is 41.2. The number of rotatable bonds is 7. The van der Waals surface area contributed by atoms with Crippen LogP contribution in [-0.2, 0) is 0 Å². The Labute approximate surface area is 323 Å². The predicted molar refractivity (Wildman–Crippen MR) is 214 cm³/mol. The van der Waals surface area contributed by atoms with E-state index in [4.69, 9.17) is 10.1 Å². The zero-order chi connectivity index (χ0) is 38.6. The zero-order valence-electron chi connectivity index (χ0n) is 29.8. The number of nitrogens with zero attached hydrogens (tertiary/aromatic N) is 11. The van der Waals surface area contributed by atoms with Gasteiger partial charge in [-0.25, -0.2) is 24.9 Å². The molecule has 0 atom stereocenters. The molecular formula is C43H28N12O2. The molecule has 0 radical (unpaired) electrons. The molecule has 14 nitrogen and oxygen atoms in total. The molecule has 1 N–H and O–H groups in total. The normalized spacial score (nSPS) is 10.9. The van der Waals surface area contributed by atoms with E-state index in [9.17, 15) is 9.59 Å². The first-order valence-electron chi connectivity index (χ1n) is 17.7. The van der Waals surface area contributed by atoms with Crippen molar-refractivity contribution in [1.29, 1.82) is 0 Å². The van der Waals surface area contributed by atoms with Gasteiger partial charge in [-0.3, -0.25) is 19.6 Å². The molecular weight excluding hydrogens is 717 g/mol. The smallest absolute Gasteiger partial charge is 0.263 e. The molecule has 0 unspecified atom stereocenters. The molecule has 0 bridgehead atoms. The van der Waals surface area contributed by atoms with Gasteiger partial charge in [0.15, 0.2) is 40.9 Å². The van der Waals surface area contributed by atoms with E-state index in [0.29, 0.717) is 68.1 Å². The van der Waals surface area contributed by atoms with Crippen molar-refractivity contribution in [2.24, 2.45) is 0 Å². The minimum atomic E-state index is -0.272. The second kappa shape index (κ2) is 15.2. The maximum atomic E-state index is 13.0. The molecule has 0 saturated carbocycles. The van der Waals surface area contributed by atoms with Crippen LogP contribution in [0.4, 0.5) is 0 Å². The van der Waals surface area contributed by atoms with Crippen LogP contribution >= 0.6 is 0 Å². The number of fused-ring (bicyclic) bond motifs is 2. The molecule has 0 aliphatic rings. The van der Waals surface area contributed by atoms with Crippen molar-refractivity contribution in [3.05, 3.63) is 174 Å². The molecule has 0 fully saturated rings. The lowest BCUT2D eigenvalue weighted by Gasteiger charge is -2.04. The first kappa shape index (κ1) is 34.4. The number of carbonyl (C=O) groups excluding carboxylic acids is 1. The van der Waals surface area contributed by atoms with Crippen LogP contribution in [0.15, 0.2) is 163 Å². The van der Waals surface area contributed by atoms with E-state index in [1.807, 2.05) is 121 Å². The highest BCUT2D eigenvalue weighted by Gasteiger charge is 2.23. The van der Waals surface area contributed by atoms with Gasteiger partial charge in [0.2, 0.25) is 0 Å². The summed E-state index contributed by atoms with van der Waals surface area (Å²) in [5.74, 6) is 1.92. The molecule has 57 heavy (non-hydrogen) atoms. The second-order valence-corrected chi connectivity index (χ2v) is 12.4. The molecule has 0 spiro atoms. The Morgan fingerprint density at radius 2 is 0.982 bits per heavy atom. The molecule has 0 saturated heterocycles. The average Bonchev–Trinajstić information content (AvgIpc) is 3.88. The summed E-state index contributed by atoms with van der Waals surface area (Å²) in [6.45, 7) is 0. The van der Waals surface area contributed by atoms with Gasteiger partial charge in [-0.2, -0.15) is 19.6 Å². The lowest BCUT2D eigenvalue weighted by Crippen LogP contribution is -2.11. The van der Waals surface area contributed by atoms with Gasteiger partial charge in [-0.15, -0.1) is 0 Å². The number of nitrogens with one attached hydrogen (secondary N) is 1. The number of H-pyrrole nitrogens is 1. The van der Waals surface area contributed by atoms with E-state index in [0.717, 1.165) is 17.4 Å². The van der Waals surface area contributed by atoms with Gasteiger partial charge in [-0.05, 0) is 48.5 Å². The summed E-state index contributed by atoms with van der Waals surface area (Å²) in [7, 11) is 0. The van der Waals surface area contributed by atoms with E-state index in [1.165, 1.54) is 0 Å². The molecule has 8 aromatic heterocycles. The molecule has 10 aromatic rings. The minimum Gasteiger partial charge on any atom is -0.304 e. The van der Waals surface area contributed by atoms with Crippen molar-refractivity contribution in [3.63, 3.8) is 0 Å². The van der Waals surface area contributed by atoms with Gasteiger partial charge in [-0.1, -0.05) is 84.9 Å². The lowest BCUT2D eigenvalue weighted by molar-refractivity contribution is 0.112. The first-order valence-corrected chi connectivity index (χ1v) is 17.7. The third-order valence-corrected chi connectivity index (χ3v) is 8.83. The van der Waals surface area contributed by atoms with Crippen molar-refractivity contribution in [1.82, 2.24) is 59.4 Å². The molecule has 0 aliphatic carbocycles. The largest absolute Gasteiger partial charge is 0.304 e. The molecule has 10 rings (SSSR count). The van der Waals surface area contributed by atoms with Crippen molar-refractivity contribution < 1.29 is 4.79 Å². The summed E-state index contributed by atoms with van der Waals surface area (Å²) in [5, 5.41) is 10.4. The zero-order valence-corrected chi connectivity index (χ0v) is 29.8. The number of aldehydes is 1. The second-order valence-electron chi connectivity index (χ2n) is 12.4. The van der Waals surface area contributed by atoms with Gasteiger partial charge < -0.3 is 4.98 Å². The number of aromatic amines is 1. The van der Waals surface area contributed by atoms with Crippen molar-refractivity contribution in [2.75, 3.05) is 0 Å². The Morgan fingerprint density at radius 1 is 0.491 bits per heavy atom. The van der Waals surface area contributed by atoms with Crippen LogP contribution in [0.25, 0.3) is 79.3 Å². The third kappa shape index (κ3) is 6.70. The average molecular weight is 745 g/mol. The Hall–Kier alpha value is -8.39. The Morgan fingerprint density at radius 3 is 1.49 bits per heavy atom. The van der Waals surface area contributed by atoms with Crippen molar-refractivity contribution >= 4 is 28.4 Å². The van der Waals surface area contributed by atoms with Crippen molar-refractivity contribution in [2.45, 2.75) is 0 Å². The highest BCUT2D eigenvalue weighted by atomic mass is 16.1. The molecule has 2 aromatic carbocycles. The monoisotopic (exact) mass is 744 g/mol. The van der Waals surface area contributed by atoms with Gasteiger partial charge in [0.05, 0.1) is 5.39 Å². The van der Waals surface area contributed by atoms with E-state index in [2.05, 4.69) is 40.0 Å². The number of aromatic nitrogens is 12. The van der Waals surface area contributed by atoms with Crippen LogP contribution in [-0.4, -0.2) is 65.7 Å². The summed E-state index contributed by atoms with van der Waals surface area (Å²) >= 11 is 0. The van der Waals surface area contributed by atoms with Crippen LogP contribution < -0.4 is 5.56 Å². The van der Waals surface area contributed by atoms with Crippen LogP contribution in [0, 0.1) is 0 Å². The molecule has 8 heterocycles. The van der Waals surface area contributed by atoms with Crippen LogP contribution in [0.5, 0.6) is 0 Å². The Balaban J connectivity index is 0.000000148. The molecule has 14 heteroatoms. The fourth-order valence-corrected chi connectivity index (χ4v) is 6.26. The number of hydrogen-bond acceptors (Lipinski definition) is 11. The number of carbonyl (C=O) groups is 1. The summed E-state index contributed by atoms with van der Waals surface area (Å²) in [6.07, 6.45) is 7.41. The predicted octanol–water partition coefficient (Wildman–Crippen LogP) is 6.98. The number of benzene rings is 2. The third-order valence-electron chi connectivity index (χ3n) is 8.83. The van der Waals surface area contributed by atoms with E-state index in [-0.39, 0.29) is 11.3 Å². The number of hydrogen-bond donors (Lipinski definition) is 1. The maximum absolute atomic E-state index is 13.0. The van der Waals surface area contributed by atoms with E-state index >= 15 is 0 Å². The topological polar surface area (TPSA) is 176 Å². The maximum Gasteiger partial charge on any atom is 0.263 e. The van der Waals surface area contributed by atoms with Gasteiger partial charge >= 0.3 is 0 Å². The molecule has 0 aliphatic heterocycles. The Bertz CT molecular complexity index is 3030. The van der Waals surface area contributed by atoms with Crippen molar-refractivity contribution in [3.8, 4) is 57.2 Å². The lowest BCUT2D eigenvalue weighted by atomic mass is 10.1. The van der Waals surface area contributed by atoms with E-state index < -0.39 is 0 Å². The van der Waals surface area contributed by atoms with Gasteiger partial charge in [0, 0.05) is 35.9 Å². The molecule has 0 amide bonds. The van der Waals surface area contributed by atoms with Gasteiger partial charge in [0.1, 0.15) is 33.9 Å². The fourth-order valence-electron chi connectivity index (χ4n) is 6.26. The highest BCUT2D eigenvalue weighted by Crippen LogP contribution is 2.32. The quantitative estimate of drug-likeness (QED) is 0.167. The first-order chi connectivity index (χ1) is 28.2. The van der Waals surface area contributed by atoms with Crippen LogP contribution in [0.2, 0.25) is 0 Å². The van der Waals surface area contributed by atoms with Gasteiger partial charge in [0.25, 0.3) is 5.56 Å².